The Bertz CT molecular complexity index is 1090. The zero-order chi connectivity index (χ0) is 22.7. The smallest absolute Gasteiger partial charge is 0.170 e. The summed E-state index contributed by atoms with van der Waals surface area (Å²) in [7, 11) is 1.55. The van der Waals surface area contributed by atoms with Gasteiger partial charge in [0, 0.05) is 35.9 Å². The SMILES string of the molecule is COc1cc(OC[C@@H](C)CN2CCC(c3noc4cc(F)ccc34)CC2)ccc1C(C)=O. The number of ether oxygens (including phenoxy) is 2. The maximum atomic E-state index is 13.4. The number of hydrogen-bond donors (Lipinski definition) is 0. The van der Waals surface area contributed by atoms with Crippen molar-refractivity contribution in [2.45, 2.75) is 32.6 Å². The lowest BCUT2D eigenvalue weighted by Crippen LogP contribution is -2.37. The lowest BCUT2D eigenvalue weighted by molar-refractivity contribution is 0.101. The van der Waals surface area contributed by atoms with E-state index in [1.54, 1.807) is 25.3 Å². The van der Waals surface area contributed by atoms with E-state index in [9.17, 15) is 9.18 Å². The van der Waals surface area contributed by atoms with Gasteiger partial charge < -0.3 is 18.9 Å². The van der Waals surface area contributed by atoms with E-state index in [1.165, 1.54) is 19.1 Å². The predicted octanol–water partition coefficient (Wildman–Crippen LogP) is 5.07. The molecule has 1 atom stereocenters. The maximum absolute atomic E-state index is 13.4. The number of carbonyl (C=O) groups is 1. The molecular formula is C25H29FN2O4. The first-order valence-electron chi connectivity index (χ1n) is 11.0. The van der Waals surface area contributed by atoms with Crippen molar-refractivity contribution in [3.05, 3.63) is 53.5 Å². The van der Waals surface area contributed by atoms with Crippen LogP contribution in [0.2, 0.25) is 0 Å². The Hall–Kier alpha value is -2.93. The lowest BCUT2D eigenvalue weighted by atomic mass is 9.91. The predicted molar refractivity (Wildman–Crippen MR) is 120 cm³/mol. The number of hydrogen-bond acceptors (Lipinski definition) is 6. The highest BCUT2D eigenvalue weighted by molar-refractivity contribution is 5.97. The van der Waals surface area contributed by atoms with Crippen LogP contribution in [0, 0.1) is 11.7 Å². The monoisotopic (exact) mass is 440 g/mol. The summed E-state index contributed by atoms with van der Waals surface area (Å²) in [4.78, 5) is 14.1. The largest absolute Gasteiger partial charge is 0.496 e. The first-order valence-corrected chi connectivity index (χ1v) is 11.0. The van der Waals surface area contributed by atoms with Gasteiger partial charge in [-0.3, -0.25) is 4.79 Å². The highest BCUT2D eigenvalue weighted by Gasteiger charge is 2.26. The average Bonchev–Trinajstić information content (AvgIpc) is 3.20. The Morgan fingerprint density at radius 1 is 1.25 bits per heavy atom. The van der Waals surface area contributed by atoms with Crippen LogP contribution in [0.15, 0.2) is 40.9 Å². The molecule has 0 amide bonds. The van der Waals surface area contributed by atoms with Gasteiger partial charge in [0.05, 0.1) is 25.0 Å². The van der Waals surface area contributed by atoms with Crippen LogP contribution in [0.4, 0.5) is 4.39 Å². The molecule has 1 fully saturated rings. The summed E-state index contributed by atoms with van der Waals surface area (Å²) in [6.07, 6.45) is 1.99. The third kappa shape index (κ3) is 4.93. The van der Waals surface area contributed by atoms with Crippen molar-refractivity contribution in [1.29, 1.82) is 0 Å². The van der Waals surface area contributed by atoms with E-state index in [-0.39, 0.29) is 11.6 Å². The van der Waals surface area contributed by atoms with Crippen molar-refractivity contribution in [2.75, 3.05) is 33.4 Å². The molecule has 0 spiro atoms. The lowest BCUT2D eigenvalue weighted by Gasteiger charge is -2.32. The second-order valence-electron chi connectivity index (χ2n) is 8.62. The van der Waals surface area contributed by atoms with Crippen LogP contribution >= 0.6 is 0 Å². The molecule has 1 aromatic heterocycles. The van der Waals surface area contributed by atoms with E-state index in [4.69, 9.17) is 14.0 Å². The number of rotatable bonds is 8. The first-order chi connectivity index (χ1) is 15.4. The number of Topliss-reactive ketones (excluding diaryl/α,β-unsaturated/α-hetero) is 1. The van der Waals surface area contributed by atoms with Gasteiger partial charge >= 0.3 is 0 Å². The molecule has 2 heterocycles. The Balaban J connectivity index is 1.27. The van der Waals surface area contributed by atoms with E-state index in [0.29, 0.717) is 41.1 Å². The molecule has 170 valence electrons. The molecule has 0 saturated carbocycles. The summed E-state index contributed by atoms with van der Waals surface area (Å²) in [5.74, 6) is 1.58. The Morgan fingerprint density at radius 3 is 2.75 bits per heavy atom. The standard InChI is InChI=1S/C25H29FN2O4/c1-16(15-31-20-5-7-21(17(2)29)23(13-20)30-3)14-28-10-8-18(9-11-28)25-22-6-4-19(26)12-24(22)32-27-25/h4-7,12-13,16,18H,8-11,14-15H2,1-3H3/t16-/m0/s1. The number of nitrogens with zero attached hydrogens (tertiary/aromatic N) is 2. The topological polar surface area (TPSA) is 64.8 Å². The number of carbonyl (C=O) groups excluding carboxylic acids is 1. The molecule has 3 aromatic rings. The molecule has 6 nitrogen and oxygen atoms in total. The molecule has 32 heavy (non-hydrogen) atoms. The minimum Gasteiger partial charge on any atom is -0.496 e. The molecule has 0 radical (unpaired) electrons. The minimum absolute atomic E-state index is 0.0315. The summed E-state index contributed by atoms with van der Waals surface area (Å²) in [5, 5.41) is 5.14. The number of piperidine rings is 1. The minimum atomic E-state index is -0.306. The quantitative estimate of drug-likeness (QED) is 0.456. The van der Waals surface area contributed by atoms with Gasteiger partial charge in [0.15, 0.2) is 11.4 Å². The van der Waals surface area contributed by atoms with E-state index in [2.05, 4.69) is 17.0 Å². The number of benzene rings is 2. The summed E-state index contributed by atoms with van der Waals surface area (Å²) >= 11 is 0. The van der Waals surface area contributed by atoms with Gasteiger partial charge in [0.2, 0.25) is 0 Å². The fourth-order valence-electron chi connectivity index (χ4n) is 4.40. The molecule has 4 rings (SSSR count). The molecule has 7 heteroatoms. The molecule has 0 aliphatic carbocycles. The van der Waals surface area contributed by atoms with Gasteiger partial charge in [-0.25, -0.2) is 4.39 Å². The fourth-order valence-corrected chi connectivity index (χ4v) is 4.40. The van der Waals surface area contributed by atoms with Crippen molar-refractivity contribution in [2.24, 2.45) is 5.92 Å². The van der Waals surface area contributed by atoms with Crippen molar-refractivity contribution in [3.63, 3.8) is 0 Å². The van der Waals surface area contributed by atoms with Crippen LogP contribution in [0.5, 0.6) is 11.5 Å². The number of methoxy groups -OCH3 is 1. The zero-order valence-electron chi connectivity index (χ0n) is 18.8. The molecule has 0 unspecified atom stereocenters. The molecule has 2 aromatic carbocycles. The number of likely N-dealkylation sites (tertiary alicyclic amines) is 1. The number of halogens is 1. The summed E-state index contributed by atoms with van der Waals surface area (Å²) in [5.41, 5.74) is 2.01. The van der Waals surface area contributed by atoms with Crippen LogP contribution in [0.1, 0.15) is 48.7 Å². The van der Waals surface area contributed by atoms with Crippen LogP contribution in [-0.2, 0) is 0 Å². The van der Waals surface area contributed by atoms with Gasteiger partial charge in [-0.1, -0.05) is 12.1 Å². The normalized spacial score (nSPS) is 16.2. The average molecular weight is 441 g/mol. The Morgan fingerprint density at radius 2 is 2.03 bits per heavy atom. The van der Waals surface area contributed by atoms with Crippen molar-refractivity contribution >= 4 is 16.8 Å². The summed E-state index contributed by atoms with van der Waals surface area (Å²) < 4.78 is 30.0. The summed E-state index contributed by atoms with van der Waals surface area (Å²) in [6, 6.07) is 9.94. The number of fused-ring (bicyclic) bond motifs is 1. The molecule has 0 bridgehead atoms. The highest BCUT2D eigenvalue weighted by atomic mass is 19.1. The summed E-state index contributed by atoms with van der Waals surface area (Å²) in [6.45, 7) is 7.18. The van der Waals surface area contributed by atoms with Crippen LogP contribution < -0.4 is 9.47 Å². The van der Waals surface area contributed by atoms with Crippen LogP contribution in [0.25, 0.3) is 11.0 Å². The van der Waals surface area contributed by atoms with Crippen molar-refractivity contribution in [1.82, 2.24) is 10.1 Å². The number of ketones is 1. The van der Waals surface area contributed by atoms with Crippen LogP contribution in [-0.4, -0.2) is 49.2 Å². The van der Waals surface area contributed by atoms with Crippen LogP contribution in [0.3, 0.4) is 0 Å². The highest BCUT2D eigenvalue weighted by Crippen LogP contribution is 2.33. The molecule has 1 aliphatic heterocycles. The molecule has 1 saturated heterocycles. The Labute approximate surface area is 187 Å². The van der Waals surface area contributed by atoms with Gasteiger partial charge in [0.25, 0.3) is 0 Å². The third-order valence-electron chi connectivity index (χ3n) is 6.09. The Kier molecular flexibility index (Phi) is 6.74. The second-order valence-corrected chi connectivity index (χ2v) is 8.62. The van der Waals surface area contributed by atoms with E-state index >= 15 is 0 Å². The van der Waals surface area contributed by atoms with E-state index in [1.807, 2.05) is 6.07 Å². The van der Waals surface area contributed by atoms with Gasteiger partial charge in [0.1, 0.15) is 17.3 Å². The number of aromatic nitrogens is 1. The maximum Gasteiger partial charge on any atom is 0.170 e. The van der Waals surface area contributed by atoms with E-state index in [0.717, 1.165) is 43.6 Å². The first kappa shape index (κ1) is 22.3. The molecule has 1 aliphatic rings. The van der Waals surface area contributed by atoms with Crippen molar-refractivity contribution < 1.29 is 23.2 Å². The molecule has 0 N–H and O–H groups in total. The van der Waals surface area contributed by atoms with Crippen molar-refractivity contribution in [3.8, 4) is 11.5 Å². The van der Waals surface area contributed by atoms with Gasteiger partial charge in [-0.15, -0.1) is 0 Å². The fraction of sp³-hybridized carbons (Fsp3) is 0.440. The van der Waals surface area contributed by atoms with Gasteiger partial charge in [-0.2, -0.15) is 0 Å². The molecular weight excluding hydrogens is 411 g/mol. The third-order valence-corrected chi connectivity index (χ3v) is 6.09. The van der Waals surface area contributed by atoms with Gasteiger partial charge in [-0.05, 0) is 57.1 Å². The zero-order valence-corrected chi connectivity index (χ0v) is 18.8. The van der Waals surface area contributed by atoms with E-state index < -0.39 is 0 Å². The second kappa shape index (κ2) is 9.69.